The van der Waals surface area contributed by atoms with Crippen LogP contribution in [0.4, 0.5) is 0 Å². The number of rotatable bonds is 2. The molecule has 2 atom stereocenters. The number of hydrogen-bond acceptors (Lipinski definition) is 3. The van der Waals surface area contributed by atoms with E-state index in [-0.39, 0.29) is 17.9 Å². The Labute approximate surface area is 129 Å². The van der Waals surface area contributed by atoms with Gasteiger partial charge in [-0.05, 0) is 49.1 Å². The van der Waals surface area contributed by atoms with Gasteiger partial charge >= 0.3 is 0 Å². The van der Waals surface area contributed by atoms with Gasteiger partial charge in [0.05, 0.1) is 6.04 Å². The smallest absolute Gasteiger partial charge is 0.249 e. The molecule has 1 saturated carbocycles. The molecule has 1 N–H and O–H groups in total. The highest BCUT2D eigenvalue weighted by Gasteiger charge is 2.51. The summed E-state index contributed by atoms with van der Waals surface area (Å²) in [5, 5.41) is 7.11. The van der Waals surface area contributed by atoms with E-state index >= 15 is 0 Å². The third-order valence-electron chi connectivity index (χ3n) is 4.95. The molecule has 114 valence electrons. The number of piperazine rings is 1. The molecule has 2 heterocycles. The molecule has 3 rings (SSSR count). The van der Waals surface area contributed by atoms with Crippen molar-refractivity contribution in [2.24, 2.45) is 0 Å². The fraction of sp³-hybridized carbons (Fsp3) is 0.625. The summed E-state index contributed by atoms with van der Waals surface area (Å²) < 4.78 is 0. The van der Waals surface area contributed by atoms with Crippen LogP contribution >= 0.6 is 11.3 Å². The number of carbonyl (C=O) groups is 2. The number of nitrogens with one attached hydrogen (secondary N) is 1. The molecule has 1 saturated heterocycles. The van der Waals surface area contributed by atoms with Crippen LogP contribution in [0.15, 0.2) is 16.8 Å². The van der Waals surface area contributed by atoms with Gasteiger partial charge in [-0.1, -0.05) is 19.3 Å². The highest BCUT2D eigenvalue weighted by Crippen LogP contribution is 2.37. The zero-order chi connectivity index (χ0) is 15.0. The molecule has 5 heteroatoms. The van der Waals surface area contributed by atoms with Gasteiger partial charge in [-0.3, -0.25) is 9.59 Å². The summed E-state index contributed by atoms with van der Waals surface area (Å²) in [6, 6.07) is 1.58. The first-order chi connectivity index (χ1) is 10.1. The van der Waals surface area contributed by atoms with E-state index in [9.17, 15) is 9.59 Å². The Hall–Kier alpha value is -1.36. The van der Waals surface area contributed by atoms with E-state index < -0.39 is 11.6 Å². The standard InChI is InChI=1S/C16H22N2O2S/c1-11(13-6-9-21-10-13)18-12(2)14(19)17-16(15(18)20)7-4-3-5-8-16/h6,9-12H,3-5,7-8H2,1-2H3,(H,17,19). The first-order valence-corrected chi connectivity index (χ1v) is 8.66. The molecule has 4 nitrogen and oxygen atoms in total. The minimum atomic E-state index is -0.647. The van der Waals surface area contributed by atoms with Crippen molar-refractivity contribution in [1.29, 1.82) is 0 Å². The average Bonchev–Trinajstić information content (AvgIpc) is 3.01. The van der Waals surface area contributed by atoms with Crippen molar-refractivity contribution < 1.29 is 9.59 Å². The molecule has 21 heavy (non-hydrogen) atoms. The van der Waals surface area contributed by atoms with Gasteiger partial charge in [0.15, 0.2) is 0 Å². The summed E-state index contributed by atoms with van der Waals surface area (Å²) in [4.78, 5) is 27.3. The van der Waals surface area contributed by atoms with E-state index in [2.05, 4.69) is 10.7 Å². The van der Waals surface area contributed by atoms with E-state index in [1.165, 1.54) is 0 Å². The molecule has 0 bridgehead atoms. The molecular weight excluding hydrogens is 284 g/mol. The topological polar surface area (TPSA) is 49.4 Å². The van der Waals surface area contributed by atoms with Crippen molar-refractivity contribution >= 4 is 23.2 Å². The Bertz CT molecular complexity index is 534. The van der Waals surface area contributed by atoms with Crippen LogP contribution in [0.2, 0.25) is 0 Å². The van der Waals surface area contributed by atoms with E-state index in [1.807, 2.05) is 25.3 Å². The predicted molar refractivity (Wildman–Crippen MR) is 83.0 cm³/mol. The van der Waals surface area contributed by atoms with Gasteiger partial charge in [-0.2, -0.15) is 11.3 Å². The Kier molecular flexibility index (Phi) is 3.78. The Morgan fingerprint density at radius 1 is 1.33 bits per heavy atom. The maximum Gasteiger partial charge on any atom is 0.249 e. The van der Waals surface area contributed by atoms with E-state index in [4.69, 9.17) is 0 Å². The highest BCUT2D eigenvalue weighted by atomic mass is 32.1. The van der Waals surface area contributed by atoms with Gasteiger partial charge in [0.2, 0.25) is 11.8 Å². The summed E-state index contributed by atoms with van der Waals surface area (Å²) in [7, 11) is 0. The fourth-order valence-corrected chi connectivity index (χ4v) is 4.37. The van der Waals surface area contributed by atoms with Crippen LogP contribution in [0.1, 0.15) is 57.6 Å². The van der Waals surface area contributed by atoms with E-state index in [0.29, 0.717) is 0 Å². The second-order valence-electron chi connectivity index (χ2n) is 6.25. The van der Waals surface area contributed by atoms with Crippen LogP contribution in [0.5, 0.6) is 0 Å². The van der Waals surface area contributed by atoms with Crippen molar-refractivity contribution in [3.05, 3.63) is 22.4 Å². The van der Waals surface area contributed by atoms with Gasteiger partial charge in [0.1, 0.15) is 11.6 Å². The van der Waals surface area contributed by atoms with Gasteiger partial charge < -0.3 is 10.2 Å². The molecule has 0 aromatic carbocycles. The molecule has 2 amide bonds. The number of hydrogen-bond donors (Lipinski definition) is 1. The van der Waals surface area contributed by atoms with E-state index in [1.54, 1.807) is 16.2 Å². The van der Waals surface area contributed by atoms with Gasteiger partial charge in [0.25, 0.3) is 0 Å². The Balaban J connectivity index is 1.93. The van der Waals surface area contributed by atoms with Crippen molar-refractivity contribution in [1.82, 2.24) is 10.2 Å². The Morgan fingerprint density at radius 2 is 2.05 bits per heavy atom. The quantitative estimate of drug-likeness (QED) is 0.913. The molecule has 1 spiro atoms. The third kappa shape index (κ3) is 2.37. The summed E-state index contributed by atoms with van der Waals surface area (Å²) in [6.45, 7) is 3.84. The van der Waals surface area contributed by atoms with Crippen LogP contribution in [-0.2, 0) is 9.59 Å². The molecule has 1 aromatic heterocycles. The average molecular weight is 306 g/mol. The summed E-state index contributed by atoms with van der Waals surface area (Å²) >= 11 is 1.62. The summed E-state index contributed by atoms with van der Waals surface area (Å²) in [5.74, 6) is 0.0894. The number of nitrogens with zero attached hydrogens (tertiary/aromatic N) is 1. The van der Waals surface area contributed by atoms with Crippen molar-refractivity contribution in [3.63, 3.8) is 0 Å². The van der Waals surface area contributed by atoms with Crippen molar-refractivity contribution in [2.45, 2.75) is 63.6 Å². The van der Waals surface area contributed by atoms with Gasteiger partial charge in [0, 0.05) is 0 Å². The molecule has 2 unspecified atom stereocenters. The van der Waals surface area contributed by atoms with Crippen LogP contribution < -0.4 is 5.32 Å². The SMILES string of the molecule is CC1C(=O)NC2(CCCCC2)C(=O)N1C(C)c1ccsc1. The minimum Gasteiger partial charge on any atom is -0.340 e. The lowest BCUT2D eigenvalue weighted by molar-refractivity contribution is -0.158. The molecule has 2 fully saturated rings. The summed E-state index contributed by atoms with van der Waals surface area (Å²) in [5.41, 5.74) is 0.465. The van der Waals surface area contributed by atoms with Crippen LogP contribution in [-0.4, -0.2) is 28.3 Å². The first kappa shape index (κ1) is 14.6. The van der Waals surface area contributed by atoms with Crippen LogP contribution in [0.25, 0.3) is 0 Å². The molecule has 1 aliphatic heterocycles. The zero-order valence-electron chi connectivity index (χ0n) is 12.6. The normalized spacial score (nSPS) is 26.8. The Morgan fingerprint density at radius 3 is 2.67 bits per heavy atom. The predicted octanol–water partition coefficient (Wildman–Crippen LogP) is 2.86. The molecule has 1 aliphatic carbocycles. The lowest BCUT2D eigenvalue weighted by Gasteiger charge is -2.48. The maximum atomic E-state index is 13.1. The lowest BCUT2D eigenvalue weighted by Crippen LogP contribution is -2.70. The summed E-state index contributed by atoms with van der Waals surface area (Å²) in [6.07, 6.45) is 4.73. The molecule has 2 aliphatic rings. The number of amides is 2. The second kappa shape index (κ2) is 5.44. The highest BCUT2D eigenvalue weighted by molar-refractivity contribution is 7.07. The van der Waals surface area contributed by atoms with Crippen LogP contribution in [0, 0.1) is 0 Å². The lowest BCUT2D eigenvalue weighted by atomic mass is 9.78. The zero-order valence-corrected chi connectivity index (χ0v) is 13.4. The fourth-order valence-electron chi connectivity index (χ4n) is 3.62. The maximum absolute atomic E-state index is 13.1. The monoisotopic (exact) mass is 306 g/mol. The second-order valence-corrected chi connectivity index (χ2v) is 7.03. The van der Waals surface area contributed by atoms with Crippen LogP contribution in [0.3, 0.4) is 0 Å². The third-order valence-corrected chi connectivity index (χ3v) is 5.65. The molecule has 0 radical (unpaired) electrons. The van der Waals surface area contributed by atoms with Gasteiger partial charge in [-0.15, -0.1) is 0 Å². The number of thiophene rings is 1. The largest absolute Gasteiger partial charge is 0.340 e. The number of carbonyl (C=O) groups excluding carboxylic acids is 2. The van der Waals surface area contributed by atoms with Crippen molar-refractivity contribution in [3.8, 4) is 0 Å². The van der Waals surface area contributed by atoms with E-state index in [0.717, 1.165) is 37.7 Å². The van der Waals surface area contributed by atoms with Gasteiger partial charge in [-0.25, -0.2) is 0 Å². The molecular formula is C16H22N2O2S. The molecule has 1 aromatic rings. The minimum absolute atomic E-state index is 0.0152. The first-order valence-electron chi connectivity index (χ1n) is 7.72. The van der Waals surface area contributed by atoms with Crippen molar-refractivity contribution in [2.75, 3.05) is 0 Å².